The van der Waals surface area contributed by atoms with E-state index in [0.717, 1.165) is 44.9 Å². The topological polar surface area (TPSA) is 206 Å². The lowest BCUT2D eigenvalue weighted by molar-refractivity contribution is -0.220. The van der Waals surface area contributed by atoms with Gasteiger partial charge in [0.2, 0.25) is 5.91 Å². The van der Waals surface area contributed by atoms with Crippen molar-refractivity contribution in [2.75, 3.05) is 6.61 Å². The van der Waals surface area contributed by atoms with Gasteiger partial charge in [0.15, 0.2) is 0 Å². The van der Waals surface area contributed by atoms with Gasteiger partial charge in [-0.1, -0.05) is 276 Å². The molecule has 1 amide bonds. The second kappa shape index (κ2) is 46.6. The summed E-state index contributed by atoms with van der Waals surface area (Å²) in [5, 5.41) is 64.3. The SMILES string of the molecule is CCCCCCCCCCCCCC/C=C/[C@@H](O)[C@H](COP(=O)(O)OC1C(O)C(O)C(O)[C@@H](O)C1O)NC(=O)CCCCCCCCCCCCCCCCCCCCCCCCCCCCCCC. The van der Waals surface area contributed by atoms with Crippen LogP contribution in [-0.4, -0.2) is 96.8 Å². The lowest BCUT2D eigenvalue weighted by Gasteiger charge is -2.41. The maximum absolute atomic E-state index is 13.0. The predicted molar refractivity (Wildman–Crippen MR) is 288 cm³/mol. The number of allylic oxidation sites excluding steroid dienone is 1. The number of nitrogens with one attached hydrogen (secondary N) is 1. The van der Waals surface area contributed by atoms with E-state index >= 15 is 0 Å². The van der Waals surface area contributed by atoms with Gasteiger partial charge in [0.25, 0.3) is 0 Å². The minimum Gasteiger partial charge on any atom is -0.387 e. The smallest absolute Gasteiger partial charge is 0.387 e. The minimum atomic E-state index is -5.08. The fourth-order valence-electron chi connectivity index (χ4n) is 9.79. The van der Waals surface area contributed by atoms with E-state index in [1.807, 2.05) is 6.08 Å². The normalized spacial score (nSPS) is 21.3. The Bertz CT molecular complexity index is 1230. The Morgan fingerprint density at radius 2 is 0.757 bits per heavy atom. The largest absolute Gasteiger partial charge is 0.472 e. The number of hydrogen-bond donors (Lipinski definition) is 8. The molecule has 13 heteroatoms. The van der Waals surface area contributed by atoms with E-state index in [4.69, 9.17) is 9.05 Å². The van der Waals surface area contributed by atoms with Crippen LogP contribution in [0.1, 0.15) is 290 Å². The summed E-state index contributed by atoms with van der Waals surface area (Å²) in [5.41, 5.74) is 0. The number of amides is 1. The highest BCUT2D eigenvalue weighted by molar-refractivity contribution is 7.47. The molecule has 0 saturated heterocycles. The average Bonchev–Trinajstić information content (AvgIpc) is 3.34. The summed E-state index contributed by atoms with van der Waals surface area (Å²) in [6.07, 6.45) is 44.5. The summed E-state index contributed by atoms with van der Waals surface area (Å²) < 4.78 is 23.0. The predicted octanol–water partition coefficient (Wildman–Crippen LogP) is 13.5. The van der Waals surface area contributed by atoms with E-state index in [1.54, 1.807) is 6.08 Å². The van der Waals surface area contributed by atoms with Crippen molar-refractivity contribution >= 4 is 13.7 Å². The number of rotatable bonds is 51. The highest BCUT2D eigenvalue weighted by Crippen LogP contribution is 2.47. The van der Waals surface area contributed by atoms with Gasteiger partial charge < -0.3 is 40.8 Å². The number of aliphatic hydroxyl groups is 6. The van der Waals surface area contributed by atoms with E-state index in [-0.39, 0.29) is 12.3 Å². The Morgan fingerprint density at radius 1 is 0.471 bits per heavy atom. The standard InChI is InChI=1S/C57H112NO11P/c1-3-5-7-9-11-13-15-17-19-20-21-22-23-24-25-26-27-28-29-30-31-32-33-35-37-39-41-43-45-47-51(60)58-49(48-68-70(66,67)69-57-55(64)53(62)52(61)54(63)56(57)65)50(59)46-44-42-40-38-36-34-18-16-14-12-10-8-6-4-2/h44,46,49-50,52-57,59,61-65H,3-43,45,47-48H2,1-2H3,(H,58,60)(H,66,67)/b46-44+/t49-,50+,52?,53+,54?,55?,56?,57?/m0/s1. The lowest BCUT2D eigenvalue weighted by atomic mass is 9.85. The van der Waals surface area contributed by atoms with Crippen LogP contribution in [0, 0.1) is 0 Å². The van der Waals surface area contributed by atoms with E-state index in [0.29, 0.717) is 6.42 Å². The third-order valence-electron chi connectivity index (χ3n) is 14.6. The molecule has 416 valence electrons. The molecule has 9 atom stereocenters. The molecule has 0 heterocycles. The third-order valence-corrected chi connectivity index (χ3v) is 15.6. The van der Waals surface area contributed by atoms with Crippen LogP contribution in [0.3, 0.4) is 0 Å². The van der Waals surface area contributed by atoms with E-state index in [9.17, 15) is 44.9 Å². The van der Waals surface area contributed by atoms with Crippen molar-refractivity contribution in [3.63, 3.8) is 0 Å². The molecule has 0 aromatic carbocycles. The van der Waals surface area contributed by atoms with Gasteiger partial charge in [-0.05, 0) is 19.3 Å². The summed E-state index contributed by atoms with van der Waals surface area (Å²) in [7, 11) is -5.08. The molecule has 1 saturated carbocycles. The van der Waals surface area contributed by atoms with E-state index in [1.165, 1.54) is 218 Å². The molecular formula is C57H112NO11P. The first kappa shape index (κ1) is 67.1. The molecule has 6 unspecified atom stereocenters. The zero-order valence-corrected chi connectivity index (χ0v) is 46.0. The van der Waals surface area contributed by atoms with Crippen LogP contribution in [-0.2, 0) is 18.4 Å². The summed E-state index contributed by atoms with van der Waals surface area (Å²) in [5.74, 6) is -0.334. The highest BCUT2D eigenvalue weighted by atomic mass is 31.2. The van der Waals surface area contributed by atoms with E-state index < -0.39 is 63.2 Å². The van der Waals surface area contributed by atoms with Crippen molar-refractivity contribution in [3.8, 4) is 0 Å². The summed E-state index contributed by atoms with van der Waals surface area (Å²) >= 11 is 0. The zero-order chi connectivity index (χ0) is 51.3. The number of hydrogen-bond acceptors (Lipinski definition) is 10. The van der Waals surface area contributed by atoms with Gasteiger partial charge >= 0.3 is 7.82 Å². The van der Waals surface area contributed by atoms with Crippen LogP contribution in [0.4, 0.5) is 0 Å². The number of phosphoric ester groups is 1. The first-order valence-electron chi connectivity index (χ1n) is 29.6. The number of phosphoric acid groups is 1. The third kappa shape index (κ3) is 36.9. The van der Waals surface area contributed by atoms with Gasteiger partial charge in [0.1, 0.15) is 36.6 Å². The number of unbranched alkanes of at least 4 members (excludes halogenated alkanes) is 40. The first-order chi connectivity index (χ1) is 33.9. The summed E-state index contributed by atoms with van der Waals surface area (Å²) in [6.45, 7) is 3.88. The van der Waals surface area contributed by atoms with Gasteiger partial charge in [-0.15, -0.1) is 0 Å². The van der Waals surface area contributed by atoms with Crippen molar-refractivity contribution in [2.45, 2.75) is 339 Å². The lowest BCUT2D eigenvalue weighted by Crippen LogP contribution is -2.64. The van der Waals surface area contributed by atoms with Gasteiger partial charge in [0.05, 0.1) is 18.8 Å². The molecule has 0 bridgehead atoms. The van der Waals surface area contributed by atoms with Gasteiger partial charge in [-0.25, -0.2) is 4.57 Å². The highest BCUT2D eigenvalue weighted by Gasteiger charge is 2.51. The molecule has 12 nitrogen and oxygen atoms in total. The molecule has 70 heavy (non-hydrogen) atoms. The fourth-order valence-corrected chi connectivity index (χ4v) is 10.8. The maximum atomic E-state index is 13.0. The van der Waals surface area contributed by atoms with E-state index in [2.05, 4.69) is 19.2 Å². The minimum absolute atomic E-state index is 0.219. The Morgan fingerprint density at radius 3 is 1.09 bits per heavy atom. The quantitative estimate of drug-likeness (QED) is 0.0163. The first-order valence-corrected chi connectivity index (χ1v) is 31.1. The molecule has 1 aliphatic carbocycles. The summed E-state index contributed by atoms with van der Waals surface area (Å²) in [6, 6.07) is -1.11. The van der Waals surface area contributed by atoms with Gasteiger partial charge in [-0.2, -0.15) is 0 Å². The maximum Gasteiger partial charge on any atom is 0.472 e. The van der Waals surface area contributed by atoms with Crippen LogP contribution < -0.4 is 5.32 Å². The zero-order valence-electron chi connectivity index (χ0n) is 45.1. The monoisotopic (exact) mass is 1020 g/mol. The van der Waals surface area contributed by atoms with Crippen molar-refractivity contribution in [1.82, 2.24) is 5.32 Å². The molecule has 0 aromatic rings. The van der Waals surface area contributed by atoms with Crippen LogP contribution in [0.25, 0.3) is 0 Å². The second-order valence-corrected chi connectivity index (χ2v) is 22.6. The van der Waals surface area contributed by atoms with Crippen LogP contribution in [0.5, 0.6) is 0 Å². The van der Waals surface area contributed by atoms with Crippen molar-refractivity contribution in [1.29, 1.82) is 0 Å². The molecule has 1 rings (SSSR count). The Labute approximate surface area is 429 Å². The fraction of sp³-hybridized carbons (Fsp3) is 0.947. The number of carbonyl (C=O) groups is 1. The Kier molecular flexibility index (Phi) is 44.7. The molecule has 8 N–H and O–H groups in total. The Hall–Kier alpha value is -0.920. The molecule has 0 radical (unpaired) electrons. The Balaban J connectivity index is 2.25. The summed E-state index contributed by atoms with van der Waals surface area (Å²) in [4.78, 5) is 23.5. The second-order valence-electron chi connectivity index (χ2n) is 21.2. The molecule has 1 aliphatic rings. The van der Waals surface area contributed by atoms with Crippen molar-refractivity contribution in [2.24, 2.45) is 0 Å². The van der Waals surface area contributed by atoms with Gasteiger partial charge in [0, 0.05) is 6.42 Å². The molecule has 0 aliphatic heterocycles. The number of aliphatic hydroxyl groups excluding tert-OH is 6. The van der Waals surface area contributed by atoms with Crippen molar-refractivity contribution in [3.05, 3.63) is 12.2 Å². The van der Waals surface area contributed by atoms with Crippen LogP contribution >= 0.6 is 7.82 Å². The molecule has 0 aromatic heterocycles. The van der Waals surface area contributed by atoms with Crippen LogP contribution in [0.15, 0.2) is 12.2 Å². The molecule has 1 fully saturated rings. The van der Waals surface area contributed by atoms with Gasteiger partial charge in [-0.3, -0.25) is 13.8 Å². The number of carbonyl (C=O) groups excluding carboxylic acids is 1. The molecular weight excluding hydrogens is 906 g/mol. The average molecular weight is 1020 g/mol. The van der Waals surface area contributed by atoms with Crippen molar-refractivity contribution < 1.29 is 53.9 Å². The van der Waals surface area contributed by atoms with Crippen LogP contribution in [0.2, 0.25) is 0 Å². The molecule has 0 spiro atoms.